The molecule has 164 valence electrons. The fourth-order valence-corrected chi connectivity index (χ4v) is 3.91. The van der Waals surface area contributed by atoms with E-state index in [-0.39, 0.29) is 37.5 Å². The van der Waals surface area contributed by atoms with Crippen molar-refractivity contribution in [2.45, 2.75) is 32.0 Å². The number of nitrogens with one attached hydrogen (secondary N) is 2. The first-order valence-corrected chi connectivity index (χ1v) is 10.3. The summed E-state index contributed by atoms with van der Waals surface area (Å²) in [5.74, 6) is -1.04. The van der Waals surface area contributed by atoms with E-state index in [1.54, 1.807) is 13.8 Å². The predicted octanol–water partition coefficient (Wildman–Crippen LogP) is 2.83. The van der Waals surface area contributed by atoms with Crippen LogP contribution < -0.4 is 10.1 Å². The molecule has 3 atom stereocenters. The molecule has 3 unspecified atom stereocenters. The van der Waals surface area contributed by atoms with Gasteiger partial charge in [-0.05, 0) is 26.0 Å². The first kappa shape index (κ1) is 21.6. The highest BCUT2D eigenvalue weighted by Gasteiger charge is 2.36. The van der Waals surface area contributed by atoms with Crippen LogP contribution in [0.25, 0.3) is 0 Å². The summed E-state index contributed by atoms with van der Waals surface area (Å²) in [7, 11) is 0. The van der Waals surface area contributed by atoms with Crippen molar-refractivity contribution in [1.82, 2.24) is 20.2 Å². The number of rotatable bonds is 4. The Morgan fingerprint density at radius 1 is 1.29 bits per heavy atom. The van der Waals surface area contributed by atoms with Crippen molar-refractivity contribution < 1.29 is 18.3 Å². The minimum atomic E-state index is -1.25. The van der Waals surface area contributed by atoms with Gasteiger partial charge in [-0.15, -0.1) is 0 Å². The lowest BCUT2D eigenvalue weighted by atomic mass is 10.1. The molecule has 2 saturated heterocycles. The number of hydrogen-bond donors (Lipinski definition) is 2. The van der Waals surface area contributed by atoms with Crippen LogP contribution in [0.5, 0.6) is 5.75 Å². The van der Waals surface area contributed by atoms with Gasteiger partial charge in [0.05, 0.1) is 34.4 Å². The number of aryl methyl sites for hydroxylation is 2. The number of carbonyl (C=O) groups is 1. The molecule has 1 aromatic heterocycles. The number of carbonyl (C=O) groups excluding carboxylic acids is 1. The van der Waals surface area contributed by atoms with Crippen molar-refractivity contribution in [3.8, 4) is 5.75 Å². The van der Waals surface area contributed by atoms with Crippen molar-refractivity contribution in [3.63, 3.8) is 0 Å². The molecule has 0 radical (unpaired) electrons. The van der Waals surface area contributed by atoms with Gasteiger partial charge in [0.15, 0.2) is 6.17 Å². The number of ether oxygens (including phenoxy) is 1. The van der Waals surface area contributed by atoms with Crippen LogP contribution >= 0.6 is 11.6 Å². The predicted molar refractivity (Wildman–Crippen MR) is 111 cm³/mol. The van der Waals surface area contributed by atoms with Crippen LogP contribution in [-0.4, -0.2) is 64.9 Å². The summed E-state index contributed by atoms with van der Waals surface area (Å²) in [4.78, 5) is 23.5. The van der Waals surface area contributed by atoms with Gasteiger partial charge in [-0.3, -0.25) is 4.79 Å². The summed E-state index contributed by atoms with van der Waals surface area (Å²) in [6.45, 7) is 4.23. The van der Waals surface area contributed by atoms with E-state index < -0.39 is 29.9 Å². The second-order valence-electron chi connectivity index (χ2n) is 7.80. The van der Waals surface area contributed by atoms with Crippen molar-refractivity contribution in [1.29, 1.82) is 5.41 Å². The molecular weight excluding hydrogens is 428 g/mol. The standard InChI is InChI=1S/C21H22ClF2N5O2/c1-10-19(22)11(2)28-20(27-10)14-8-29(9-16(14)25)21(30)13-4-3-12(23)5-17(13)31-18-7-26-6-15(18)24/h3-5,14-15,18,25-26H,6-9H2,1-2H3. The molecule has 2 fully saturated rings. The molecule has 0 saturated carbocycles. The maximum atomic E-state index is 14.0. The van der Waals surface area contributed by atoms with E-state index >= 15 is 0 Å². The van der Waals surface area contributed by atoms with Gasteiger partial charge in [0.25, 0.3) is 5.91 Å². The maximum absolute atomic E-state index is 14.0. The first-order valence-electron chi connectivity index (χ1n) is 9.92. The third-order valence-corrected chi connectivity index (χ3v) is 6.07. The lowest BCUT2D eigenvalue weighted by Gasteiger charge is -2.21. The second kappa shape index (κ2) is 8.47. The molecule has 2 aliphatic heterocycles. The minimum Gasteiger partial charge on any atom is -0.485 e. The van der Waals surface area contributed by atoms with Gasteiger partial charge in [0.1, 0.15) is 23.5 Å². The van der Waals surface area contributed by atoms with E-state index in [0.717, 1.165) is 12.1 Å². The van der Waals surface area contributed by atoms with Gasteiger partial charge < -0.3 is 20.4 Å². The molecule has 2 aliphatic rings. The fraction of sp³-hybridized carbons (Fsp3) is 0.429. The molecule has 2 aromatic rings. The Bertz CT molecular complexity index is 1030. The smallest absolute Gasteiger partial charge is 0.257 e. The number of hydrogen-bond acceptors (Lipinski definition) is 6. The molecular formula is C21H22ClF2N5O2. The van der Waals surface area contributed by atoms with E-state index in [2.05, 4.69) is 15.3 Å². The van der Waals surface area contributed by atoms with Gasteiger partial charge in [-0.1, -0.05) is 11.6 Å². The van der Waals surface area contributed by atoms with Gasteiger partial charge >= 0.3 is 0 Å². The molecule has 7 nitrogen and oxygen atoms in total. The lowest BCUT2D eigenvalue weighted by molar-refractivity contribution is 0.0781. The first-order chi connectivity index (χ1) is 14.7. The summed E-state index contributed by atoms with van der Waals surface area (Å²) in [5, 5.41) is 11.7. The summed E-state index contributed by atoms with van der Waals surface area (Å²) in [5.41, 5.74) is 1.64. The van der Waals surface area contributed by atoms with Crippen molar-refractivity contribution in [2.75, 3.05) is 26.2 Å². The lowest BCUT2D eigenvalue weighted by Crippen LogP contribution is -2.31. The Kier molecular flexibility index (Phi) is 5.90. The number of alkyl halides is 1. The Balaban J connectivity index is 1.57. The van der Waals surface area contributed by atoms with Gasteiger partial charge in [-0.25, -0.2) is 18.7 Å². The number of aromatic nitrogens is 2. The molecule has 3 heterocycles. The zero-order valence-electron chi connectivity index (χ0n) is 17.1. The Hall–Kier alpha value is -2.65. The monoisotopic (exact) mass is 449 g/mol. The highest BCUT2D eigenvalue weighted by atomic mass is 35.5. The third-order valence-electron chi connectivity index (χ3n) is 5.52. The van der Waals surface area contributed by atoms with Crippen LogP contribution in [0.3, 0.4) is 0 Å². The van der Waals surface area contributed by atoms with Gasteiger partial charge in [-0.2, -0.15) is 0 Å². The van der Waals surface area contributed by atoms with Crippen molar-refractivity contribution in [3.05, 3.63) is 51.8 Å². The van der Waals surface area contributed by atoms with Crippen LogP contribution in [0.4, 0.5) is 8.78 Å². The molecule has 0 aliphatic carbocycles. The second-order valence-corrected chi connectivity index (χ2v) is 8.18. The van der Waals surface area contributed by atoms with Crippen LogP contribution in [0.2, 0.25) is 5.02 Å². The summed E-state index contributed by atoms with van der Waals surface area (Å²) >= 11 is 6.14. The summed E-state index contributed by atoms with van der Waals surface area (Å²) in [6.07, 6.45) is -2.05. The molecule has 0 spiro atoms. The fourth-order valence-electron chi connectivity index (χ4n) is 3.83. The van der Waals surface area contributed by atoms with E-state index in [0.29, 0.717) is 27.9 Å². The highest BCUT2D eigenvalue weighted by Crippen LogP contribution is 2.29. The Morgan fingerprint density at radius 2 is 2.00 bits per heavy atom. The van der Waals surface area contributed by atoms with Gasteiger partial charge in [0.2, 0.25) is 0 Å². The van der Waals surface area contributed by atoms with Crippen LogP contribution in [0, 0.1) is 25.1 Å². The average Bonchev–Trinajstić information content (AvgIpc) is 3.31. The van der Waals surface area contributed by atoms with Gasteiger partial charge in [0, 0.05) is 31.4 Å². The molecule has 1 aromatic carbocycles. The normalized spacial score (nSPS) is 23.5. The maximum Gasteiger partial charge on any atom is 0.257 e. The number of benzene rings is 1. The molecule has 0 bridgehead atoms. The number of likely N-dealkylation sites (tertiary alicyclic amines) is 1. The van der Waals surface area contributed by atoms with Crippen LogP contribution in [0.15, 0.2) is 18.2 Å². The van der Waals surface area contributed by atoms with Crippen molar-refractivity contribution in [2.24, 2.45) is 0 Å². The number of amides is 1. The molecule has 4 rings (SSSR count). The molecule has 2 N–H and O–H groups in total. The Labute approximate surface area is 183 Å². The molecule has 1 amide bonds. The third kappa shape index (κ3) is 4.24. The summed E-state index contributed by atoms with van der Waals surface area (Å²) in [6, 6.07) is 3.58. The Morgan fingerprint density at radius 3 is 2.65 bits per heavy atom. The zero-order valence-corrected chi connectivity index (χ0v) is 17.8. The zero-order chi connectivity index (χ0) is 22.3. The molecule has 10 heteroatoms. The van der Waals surface area contributed by atoms with E-state index in [1.807, 2.05) is 0 Å². The highest BCUT2D eigenvalue weighted by molar-refractivity contribution is 6.31. The largest absolute Gasteiger partial charge is 0.485 e. The topological polar surface area (TPSA) is 91.2 Å². The van der Waals surface area contributed by atoms with E-state index in [9.17, 15) is 13.6 Å². The van der Waals surface area contributed by atoms with E-state index in [1.165, 1.54) is 11.0 Å². The average molecular weight is 450 g/mol. The van der Waals surface area contributed by atoms with Crippen molar-refractivity contribution >= 4 is 23.2 Å². The number of nitrogens with zero attached hydrogens (tertiary/aromatic N) is 3. The quantitative estimate of drug-likeness (QED) is 0.749. The SMILES string of the molecule is Cc1nc(C2CN(C(=O)c3ccc(F)cc3OC3CNCC3F)CC2=N)nc(C)c1Cl. The number of halogens is 3. The van der Waals surface area contributed by atoms with Crippen LogP contribution in [0.1, 0.15) is 33.5 Å². The summed E-state index contributed by atoms with van der Waals surface area (Å²) < 4.78 is 33.4. The van der Waals surface area contributed by atoms with E-state index in [4.69, 9.17) is 21.7 Å². The molecule has 31 heavy (non-hydrogen) atoms. The minimum absolute atomic E-state index is 0.00855. The van der Waals surface area contributed by atoms with Crippen LogP contribution in [-0.2, 0) is 0 Å².